The maximum Gasteiger partial charge on any atom is 0.256 e. The zero-order chi connectivity index (χ0) is 19.1. The molecule has 28 heavy (non-hydrogen) atoms. The first-order valence-corrected chi connectivity index (χ1v) is 11.2. The van der Waals surface area contributed by atoms with Crippen molar-refractivity contribution in [1.82, 2.24) is 19.8 Å². The van der Waals surface area contributed by atoms with E-state index in [0.717, 1.165) is 32.5 Å². The lowest BCUT2D eigenvalue weighted by molar-refractivity contribution is 0.0620. The third-order valence-electron chi connectivity index (χ3n) is 6.62. The van der Waals surface area contributed by atoms with Crippen LogP contribution >= 0.6 is 11.3 Å². The molecule has 0 aromatic carbocycles. The number of piperidine rings is 3. The van der Waals surface area contributed by atoms with Crippen LogP contribution in [0, 0.1) is 5.92 Å². The number of carbonyl (C=O) groups excluding carboxylic acids is 1. The minimum atomic E-state index is -0.147. The molecular weight excluding hydrogens is 372 g/mol. The molecule has 3 saturated heterocycles. The topological polar surface area (TPSA) is 67.2 Å². The molecule has 2 aromatic heterocycles. The van der Waals surface area contributed by atoms with Crippen LogP contribution in [0.1, 0.15) is 59.7 Å². The van der Waals surface area contributed by atoms with Crippen LogP contribution < -0.4 is 10.9 Å². The van der Waals surface area contributed by atoms with E-state index in [1.807, 2.05) is 6.20 Å². The predicted octanol–water partition coefficient (Wildman–Crippen LogP) is 2.78. The van der Waals surface area contributed by atoms with E-state index in [4.69, 9.17) is 0 Å². The van der Waals surface area contributed by atoms with Crippen LogP contribution in [0.5, 0.6) is 0 Å². The molecule has 2 aromatic rings. The number of rotatable bonds is 4. The summed E-state index contributed by atoms with van der Waals surface area (Å²) in [5, 5.41) is 3.86. The van der Waals surface area contributed by atoms with Crippen molar-refractivity contribution in [1.29, 1.82) is 0 Å². The van der Waals surface area contributed by atoms with E-state index in [0.29, 0.717) is 22.5 Å². The van der Waals surface area contributed by atoms with Crippen molar-refractivity contribution in [2.45, 2.75) is 50.5 Å². The van der Waals surface area contributed by atoms with Crippen molar-refractivity contribution in [2.24, 2.45) is 5.92 Å². The van der Waals surface area contributed by atoms with Gasteiger partial charge in [0.25, 0.3) is 11.5 Å². The van der Waals surface area contributed by atoms with Gasteiger partial charge in [-0.1, -0.05) is 12.8 Å². The number of pyridine rings is 1. The largest absolute Gasteiger partial charge is 0.348 e. The molecule has 1 atom stereocenters. The molecule has 1 aliphatic carbocycles. The highest BCUT2D eigenvalue weighted by atomic mass is 32.1. The van der Waals surface area contributed by atoms with Crippen molar-refractivity contribution >= 4 is 17.2 Å². The molecule has 2 bridgehead atoms. The molecule has 3 aliphatic heterocycles. The number of nitrogens with zero attached hydrogens (tertiary/aromatic N) is 3. The molecule has 1 N–H and O–H groups in total. The molecule has 5 heterocycles. The van der Waals surface area contributed by atoms with Crippen LogP contribution in [0.4, 0.5) is 0 Å². The Bertz CT molecular complexity index is 922. The van der Waals surface area contributed by atoms with E-state index in [-0.39, 0.29) is 17.5 Å². The molecule has 1 amide bonds. The Morgan fingerprint density at radius 1 is 1.14 bits per heavy atom. The van der Waals surface area contributed by atoms with E-state index in [9.17, 15) is 9.59 Å². The quantitative estimate of drug-likeness (QED) is 0.860. The number of hydrogen-bond acceptors (Lipinski definition) is 5. The van der Waals surface area contributed by atoms with E-state index >= 15 is 0 Å². The molecule has 148 valence electrons. The van der Waals surface area contributed by atoms with Gasteiger partial charge in [0.15, 0.2) is 5.13 Å². The fourth-order valence-corrected chi connectivity index (χ4v) is 6.00. The molecule has 4 fully saturated rings. The molecular formula is C21H26N4O2S. The standard InChI is InChI=1S/C21H26N4O2S/c26-19-6-5-16(20(27)23-17-13-24-9-7-14(17)8-10-24)12-25(19)21-22-11-18(28-21)15-3-1-2-4-15/h5-6,11-12,14-15,17H,1-4,7-10,13H2,(H,23,27). The summed E-state index contributed by atoms with van der Waals surface area (Å²) in [4.78, 5) is 33.4. The highest BCUT2D eigenvalue weighted by Crippen LogP contribution is 2.37. The zero-order valence-electron chi connectivity index (χ0n) is 16.0. The first-order chi connectivity index (χ1) is 13.7. The third-order valence-corrected chi connectivity index (χ3v) is 7.78. The Balaban J connectivity index is 1.35. The first-order valence-electron chi connectivity index (χ1n) is 10.4. The Kier molecular flexibility index (Phi) is 4.80. The molecule has 0 radical (unpaired) electrons. The normalized spacial score (nSPS) is 27.2. The average molecular weight is 399 g/mol. The van der Waals surface area contributed by atoms with Gasteiger partial charge in [-0.25, -0.2) is 4.98 Å². The summed E-state index contributed by atoms with van der Waals surface area (Å²) >= 11 is 1.58. The number of thiazole rings is 1. The fourth-order valence-electron chi connectivity index (χ4n) is 4.94. The van der Waals surface area contributed by atoms with E-state index in [2.05, 4.69) is 15.2 Å². The summed E-state index contributed by atoms with van der Waals surface area (Å²) in [6.07, 6.45) is 10.8. The molecule has 1 unspecified atom stereocenters. The average Bonchev–Trinajstić information content (AvgIpc) is 3.41. The molecule has 0 spiro atoms. The zero-order valence-corrected chi connectivity index (χ0v) is 16.8. The van der Waals surface area contributed by atoms with Crippen LogP contribution in [0.2, 0.25) is 0 Å². The van der Waals surface area contributed by atoms with Crippen molar-refractivity contribution < 1.29 is 4.79 Å². The van der Waals surface area contributed by atoms with Gasteiger partial charge in [0, 0.05) is 35.9 Å². The van der Waals surface area contributed by atoms with Crippen LogP contribution in [0.15, 0.2) is 29.3 Å². The van der Waals surface area contributed by atoms with Crippen molar-refractivity contribution in [2.75, 3.05) is 19.6 Å². The summed E-state index contributed by atoms with van der Waals surface area (Å²) in [5.74, 6) is 1.05. The highest BCUT2D eigenvalue weighted by molar-refractivity contribution is 7.14. The number of carbonyl (C=O) groups is 1. The Morgan fingerprint density at radius 3 is 2.64 bits per heavy atom. The van der Waals surface area contributed by atoms with Crippen LogP contribution in [0.25, 0.3) is 5.13 Å². The van der Waals surface area contributed by atoms with Crippen molar-refractivity contribution in [3.8, 4) is 5.13 Å². The van der Waals surface area contributed by atoms with Gasteiger partial charge in [-0.05, 0) is 56.7 Å². The Labute approximate surface area is 168 Å². The monoisotopic (exact) mass is 398 g/mol. The van der Waals surface area contributed by atoms with Gasteiger partial charge in [0.1, 0.15) is 0 Å². The van der Waals surface area contributed by atoms with Gasteiger partial charge < -0.3 is 10.2 Å². The molecule has 4 aliphatic rings. The summed E-state index contributed by atoms with van der Waals surface area (Å²) in [6, 6.07) is 3.31. The summed E-state index contributed by atoms with van der Waals surface area (Å²) in [5.41, 5.74) is 0.375. The molecule has 6 rings (SSSR count). The second kappa shape index (κ2) is 7.44. The number of nitrogens with one attached hydrogen (secondary N) is 1. The maximum absolute atomic E-state index is 12.8. The highest BCUT2D eigenvalue weighted by Gasteiger charge is 2.35. The van der Waals surface area contributed by atoms with Crippen molar-refractivity contribution in [3.63, 3.8) is 0 Å². The van der Waals surface area contributed by atoms with Gasteiger partial charge in [0.2, 0.25) is 0 Å². The number of hydrogen-bond donors (Lipinski definition) is 1. The number of aromatic nitrogens is 2. The van der Waals surface area contributed by atoms with Crippen LogP contribution in [-0.2, 0) is 0 Å². The number of amides is 1. The van der Waals surface area contributed by atoms with Crippen molar-refractivity contribution in [3.05, 3.63) is 45.3 Å². The Morgan fingerprint density at radius 2 is 1.93 bits per heavy atom. The molecule has 7 heteroatoms. The van der Waals surface area contributed by atoms with Crippen LogP contribution in [-0.4, -0.2) is 46.0 Å². The summed E-state index contributed by atoms with van der Waals surface area (Å²) in [6.45, 7) is 3.23. The third kappa shape index (κ3) is 3.42. The van der Waals surface area contributed by atoms with Gasteiger partial charge in [0.05, 0.1) is 5.56 Å². The van der Waals surface area contributed by atoms with Gasteiger partial charge >= 0.3 is 0 Å². The summed E-state index contributed by atoms with van der Waals surface area (Å²) < 4.78 is 1.52. The minimum Gasteiger partial charge on any atom is -0.348 e. The van der Waals surface area contributed by atoms with Crippen LogP contribution in [0.3, 0.4) is 0 Å². The van der Waals surface area contributed by atoms with E-state index < -0.39 is 0 Å². The lowest BCUT2D eigenvalue weighted by atomic mass is 9.84. The summed E-state index contributed by atoms with van der Waals surface area (Å²) in [7, 11) is 0. The van der Waals surface area contributed by atoms with Gasteiger partial charge in [-0.3, -0.25) is 14.2 Å². The lowest BCUT2D eigenvalue weighted by Gasteiger charge is -2.44. The first kappa shape index (κ1) is 18.1. The molecule has 1 saturated carbocycles. The second-order valence-electron chi connectivity index (χ2n) is 8.37. The molecule has 6 nitrogen and oxygen atoms in total. The minimum absolute atomic E-state index is 0.0972. The SMILES string of the molecule is O=C(NC1CN2CCC1CC2)c1ccc(=O)n(-c2ncc(C3CCCC3)s2)c1. The number of fused-ring (bicyclic) bond motifs is 3. The van der Waals surface area contributed by atoms with Gasteiger partial charge in [-0.2, -0.15) is 0 Å². The fraction of sp³-hybridized carbons (Fsp3) is 0.571. The predicted molar refractivity (Wildman–Crippen MR) is 109 cm³/mol. The Hall–Kier alpha value is -1.99. The maximum atomic E-state index is 12.8. The van der Waals surface area contributed by atoms with E-state index in [1.165, 1.54) is 41.2 Å². The smallest absolute Gasteiger partial charge is 0.256 e. The van der Waals surface area contributed by atoms with Gasteiger partial charge in [-0.15, -0.1) is 11.3 Å². The lowest BCUT2D eigenvalue weighted by Crippen LogP contribution is -2.57. The second-order valence-corrected chi connectivity index (χ2v) is 9.41. The van der Waals surface area contributed by atoms with E-state index in [1.54, 1.807) is 23.6 Å².